The average molecular weight is 236 g/mol. The first-order valence-electron chi connectivity index (χ1n) is 6.36. The van der Waals surface area contributed by atoms with Crippen LogP contribution in [0.3, 0.4) is 0 Å². The maximum Gasteiger partial charge on any atom is 0.523 e. The fourth-order valence-corrected chi connectivity index (χ4v) is 1.55. The Hall–Kier alpha value is -0.835. The van der Waals surface area contributed by atoms with Crippen LogP contribution in [0.15, 0.2) is 30.3 Å². The van der Waals surface area contributed by atoms with Crippen LogP contribution in [-0.2, 0) is 9.69 Å². The minimum absolute atomic E-state index is 0.535. The highest BCUT2D eigenvalue weighted by Gasteiger charge is 2.16. The molecular weight excluding hydrogens is 215 g/mol. The largest absolute Gasteiger partial charge is 0.523 e. The maximum atomic E-state index is 9.61. The molecule has 0 unspecified atom stereocenters. The van der Waals surface area contributed by atoms with Gasteiger partial charge in [-0.3, -0.25) is 4.81 Å². The predicted octanol–water partition coefficient (Wildman–Crippen LogP) is 2.29. The Morgan fingerprint density at radius 3 is 2.47 bits per heavy atom. The first-order chi connectivity index (χ1) is 8.34. The molecule has 4 heteroatoms. The van der Waals surface area contributed by atoms with Crippen molar-refractivity contribution in [2.75, 3.05) is 6.61 Å². The molecule has 94 valence electrons. The summed E-state index contributed by atoms with van der Waals surface area (Å²) in [4.78, 5) is 9.87. The summed E-state index contributed by atoms with van der Waals surface area (Å²) in [5.41, 5.74) is 0.707. The third-order valence-electron chi connectivity index (χ3n) is 2.58. The molecule has 1 aromatic carbocycles. The van der Waals surface area contributed by atoms with Crippen LogP contribution in [0.4, 0.5) is 0 Å². The van der Waals surface area contributed by atoms with E-state index in [9.17, 15) is 5.02 Å². The highest BCUT2D eigenvalue weighted by molar-refractivity contribution is 6.59. The molecular formula is C13H21BO3. The molecule has 0 aliphatic rings. The van der Waals surface area contributed by atoms with Gasteiger partial charge in [-0.15, -0.1) is 0 Å². The molecule has 3 nitrogen and oxygen atoms in total. The van der Waals surface area contributed by atoms with E-state index >= 15 is 0 Å². The molecule has 1 N–H and O–H groups in total. The molecule has 0 radical (unpaired) electrons. The van der Waals surface area contributed by atoms with E-state index in [1.807, 2.05) is 18.2 Å². The van der Waals surface area contributed by atoms with Crippen molar-refractivity contribution < 1.29 is 14.7 Å². The lowest BCUT2D eigenvalue weighted by Crippen LogP contribution is -2.33. The van der Waals surface area contributed by atoms with Gasteiger partial charge in [-0.2, -0.15) is 0 Å². The van der Waals surface area contributed by atoms with Gasteiger partial charge in [-0.1, -0.05) is 62.9 Å². The Balaban J connectivity index is 2.03. The molecule has 0 aliphatic carbocycles. The Labute approximate surface area is 104 Å². The summed E-state index contributed by atoms with van der Waals surface area (Å²) in [6.45, 7) is 2.73. The van der Waals surface area contributed by atoms with Crippen molar-refractivity contribution in [2.45, 2.75) is 39.0 Å². The SMILES string of the molecule is CCCCCCCOOB(O)c1ccccc1. The van der Waals surface area contributed by atoms with Crippen molar-refractivity contribution in [1.29, 1.82) is 0 Å². The van der Waals surface area contributed by atoms with E-state index in [2.05, 4.69) is 6.92 Å². The molecule has 0 aliphatic heterocycles. The average Bonchev–Trinajstić information content (AvgIpc) is 2.38. The molecule has 1 rings (SSSR count). The molecule has 0 amide bonds. The topological polar surface area (TPSA) is 38.7 Å². The van der Waals surface area contributed by atoms with Crippen LogP contribution in [0, 0.1) is 0 Å². The van der Waals surface area contributed by atoms with Crippen molar-refractivity contribution in [1.82, 2.24) is 0 Å². The molecule has 0 heterocycles. The van der Waals surface area contributed by atoms with Crippen LogP contribution in [0.1, 0.15) is 39.0 Å². The predicted molar refractivity (Wildman–Crippen MR) is 69.8 cm³/mol. The van der Waals surface area contributed by atoms with Gasteiger partial charge in [0.2, 0.25) is 0 Å². The summed E-state index contributed by atoms with van der Waals surface area (Å²) in [6.07, 6.45) is 5.87. The Bertz CT molecular complexity index is 279. The molecule has 17 heavy (non-hydrogen) atoms. The van der Waals surface area contributed by atoms with Crippen molar-refractivity contribution in [3.63, 3.8) is 0 Å². The van der Waals surface area contributed by atoms with Crippen LogP contribution in [0.5, 0.6) is 0 Å². The lowest BCUT2D eigenvalue weighted by molar-refractivity contribution is -0.221. The summed E-state index contributed by atoms with van der Waals surface area (Å²) < 4.78 is 0. The first-order valence-corrected chi connectivity index (χ1v) is 6.36. The normalized spacial score (nSPS) is 10.5. The smallest absolute Gasteiger partial charge is 0.422 e. The van der Waals surface area contributed by atoms with Gasteiger partial charge in [-0.05, 0) is 11.9 Å². The highest BCUT2D eigenvalue weighted by Crippen LogP contribution is 2.02. The van der Waals surface area contributed by atoms with Gasteiger partial charge < -0.3 is 5.02 Å². The first kappa shape index (κ1) is 14.2. The fourth-order valence-electron chi connectivity index (χ4n) is 1.55. The number of hydrogen-bond acceptors (Lipinski definition) is 3. The minimum Gasteiger partial charge on any atom is -0.422 e. The van der Waals surface area contributed by atoms with E-state index in [1.54, 1.807) is 12.1 Å². The van der Waals surface area contributed by atoms with Gasteiger partial charge in [0.05, 0.1) is 6.61 Å². The molecule has 0 saturated heterocycles. The lowest BCUT2D eigenvalue weighted by Gasteiger charge is -2.07. The van der Waals surface area contributed by atoms with E-state index in [0.29, 0.717) is 12.1 Å². The second kappa shape index (κ2) is 9.22. The Morgan fingerprint density at radius 2 is 1.76 bits per heavy atom. The van der Waals surface area contributed by atoms with E-state index in [-0.39, 0.29) is 0 Å². The molecule has 0 atom stereocenters. The zero-order valence-electron chi connectivity index (χ0n) is 10.5. The van der Waals surface area contributed by atoms with Crippen molar-refractivity contribution in [3.8, 4) is 0 Å². The van der Waals surface area contributed by atoms with Crippen LogP contribution in [0.25, 0.3) is 0 Å². The highest BCUT2D eigenvalue weighted by atomic mass is 17.2. The Kier molecular flexibility index (Phi) is 7.72. The zero-order valence-corrected chi connectivity index (χ0v) is 10.5. The van der Waals surface area contributed by atoms with Crippen LogP contribution in [-0.4, -0.2) is 18.7 Å². The lowest BCUT2D eigenvalue weighted by atomic mass is 9.80. The van der Waals surface area contributed by atoms with E-state index in [4.69, 9.17) is 9.69 Å². The van der Waals surface area contributed by atoms with Gasteiger partial charge in [0.15, 0.2) is 0 Å². The summed E-state index contributed by atoms with van der Waals surface area (Å²) in [5.74, 6) is 0. The van der Waals surface area contributed by atoms with Gasteiger partial charge in [0, 0.05) is 0 Å². The van der Waals surface area contributed by atoms with E-state index < -0.39 is 7.12 Å². The van der Waals surface area contributed by atoms with E-state index in [1.165, 1.54) is 19.3 Å². The third kappa shape index (κ3) is 6.46. The summed E-state index contributed by atoms with van der Waals surface area (Å²) >= 11 is 0. The van der Waals surface area contributed by atoms with Crippen molar-refractivity contribution >= 4 is 12.6 Å². The monoisotopic (exact) mass is 236 g/mol. The third-order valence-corrected chi connectivity index (χ3v) is 2.58. The molecule has 0 saturated carbocycles. The number of rotatable bonds is 9. The molecule has 0 bridgehead atoms. The van der Waals surface area contributed by atoms with Crippen LogP contribution in [0.2, 0.25) is 0 Å². The molecule has 0 spiro atoms. The molecule has 0 aromatic heterocycles. The van der Waals surface area contributed by atoms with Gasteiger partial charge >= 0.3 is 7.12 Å². The minimum atomic E-state index is -0.994. The van der Waals surface area contributed by atoms with Gasteiger partial charge in [0.25, 0.3) is 0 Å². The Morgan fingerprint density at radius 1 is 1.06 bits per heavy atom. The second-order valence-electron chi connectivity index (χ2n) is 4.10. The van der Waals surface area contributed by atoms with Gasteiger partial charge in [-0.25, -0.2) is 4.89 Å². The fraction of sp³-hybridized carbons (Fsp3) is 0.538. The van der Waals surface area contributed by atoms with Crippen LogP contribution < -0.4 is 5.46 Å². The summed E-state index contributed by atoms with van der Waals surface area (Å²) in [5, 5.41) is 9.61. The van der Waals surface area contributed by atoms with Crippen LogP contribution >= 0.6 is 0 Å². The van der Waals surface area contributed by atoms with Gasteiger partial charge in [0.1, 0.15) is 0 Å². The standard InChI is InChI=1S/C13H21BO3/c1-2-3-4-5-9-12-16-17-14(15)13-10-7-6-8-11-13/h6-8,10-11,15H,2-5,9,12H2,1H3. The molecule has 1 aromatic rings. The number of unbranched alkanes of at least 4 members (excludes halogenated alkanes) is 4. The quantitative estimate of drug-likeness (QED) is 0.309. The van der Waals surface area contributed by atoms with Crippen molar-refractivity contribution in [3.05, 3.63) is 30.3 Å². The molecule has 0 fully saturated rings. The zero-order chi connectivity index (χ0) is 12.3. The number of hydrogen-bond donors (Lipinski definition) is 1. The van der Waals surface area contributed by atoms with Crippen molar-refractivity contribution in [2.24, 2.45) is 0 Å². The second-order valence-corrected chi connectivity index (χ2v) is 4.10. The summed E-state index contributed by atoms with van der Waals surface area (Å²) in [7, 11) is -0.994. The van der Waals surface area contributed by atoms with E-state index in [0.717, 1.165) is 12.8 Å². The number of benzene rings is 1. The maximum absolute atomic E-state index is 9.61. The summed E-state index contributed by atoms with van der Waals surface area (Å²) in [6, 6.07) is 9.20.